The maximum Gasteiger partial charge on any atom is 0.261 e. The molecule has 0 aromatic heterocycles. The van der Waals surface area contributed by atoms with Gasteiger partial charge in [-0.1, -0.05) is 0 Å². The smallest absolute Gasteiger partial charge is 0.261 e. The van der Waals surface area contributed by atoms with Gasteiger partial charge in [-0.05, 0) is 30.9 Å². The van der Waals surface area contributed by atoms with Crippen molar-refractivity contribution in [2.24, 2.45) is 5.92 Å². The van der Waals surface area contributed by atoms with Crippen LogP contribution in [0.3, 0.4) is 0 Å². The Kier molecular flexibility index (Phi) is 2.63. The molecule has 0 spiro atoms. The summed E-state index contributed by atoms with van der Waals surface area (Å²) in [6, 6.07) is 1.53. The molecule has 0 saturated heterocycles. The first kappa shape index (κ1) is 12.2. The topological polar surface area (TPSA) is 57.6 Å². The van der Waals surface area contributed by atoms with E-state index in [4.69, 9.17) is 0 Å². The van der Waals surface area contributed by atoms with Gasteiger partial charge in [0.05, 0.1) is 17.2 Å². The molecule has 0 unspecified atom stereocenters. The van der Waals surface area contributed by atoms with Crippen molar-refractivity contribution in [3.05, 3.63) is 34.9 Å². The molecule has 1 aliphatic carbocycles. The fourth-order valence-corrected chi connectivity index (χ4v) is 2.56. The van der Waals surface area contributed by atoms with Gasteiger partial charge >= 0.3 is 0 Å². The van der Waals surface area contributed by atoms with Gasteiger partial charge in [-0.3, -0.25) is 14.5 Å². The van der Waals surface area contributed by atoms with Crippen LogP contribution in [0.4, 0.5) is 8.78 Å². The fraction of sp³-hybridized carbons (Fsp3) is 0.385. The molecule has 1 saturated carbocycles. The van der Waals surface area contributed by atoms with Crippen molar-refractivity contribution in [2.75, 3.05) is 6.54 Å². The Balaban J connectivity index is 1.87. The molecule has 3 rings (SSSR count). The lowest BCUT2D eigenvalue weighted by Crippen LogP contribution is -2.41. The van der Waals surface area contributed by atoms with Crippen LogP contribution in [-0.2, 0) is 0 Å². The van der Waals surface area contributed by atoms with Crippen molar-refractivity contribution >= 4 is 11.8 Å². The molecule has 1 aromatic rings. The van der Waals surface area contributed by atoms with Gasteiger partial charge in [-0.25, -0.2) is 8.78 Å². The number of halogens is 2. The SMILES string of the molecule is O=C1c2cc(F)c(F)cc2C(=O)N1CC1CC(O)C1. The highest BCUT2D eigenvalue weighted by molar-refractivity contribution is 6.21. The number of carbonyl (C=O) groups is 2. The molecule has 0 radical (unpaired) electrons. The van der Waals surface area contributed by atoms with Gasteiger partial charge in [0, 0.05) is 6.54 Å². The van der Waals surface area contributed by atoms with Crippen LogP contribution in [0.5, 0.6) is 0 Å². The first-order valence-corrected chi connectivity index (χ1v) is 6.00. The van der Waals surface area contributed by atoms with Gasteiger partial charge in [0.15, 0.2) is 11.6 Å². The standard InChI is InChI=1S/C13H11F2NO3/c14-10-3-8-9(4-11(10)15)13(19)16(12(8)18)5-6-1-7(17)2-6/h3-4,6-7,17H,1-2,5H2. The second-order valence-electron chi connectivity index (χ2n) is 5.02. The Morgan fingerprint density at radius 3 is 2.00 bits per heavy atom. The van der Waals surface area contributed by atoms with E-state index in [0.29, 0.717) is 12.8 Å². The highest BCUT2D eigenvalue weighted by atomic mass is 19.2. The molecule has 4 nitrogen and oxygen atoms in total. The van der Waals surface area contributed by atoms with Crippen LogP contribution in [0, 0.1) is 17.6 Å². The normalized spacial score (nSPS) is 25.5. The molecule has 0 bridgehead atoms. The van der Waals surface area contributed by atoms with Crippen molar-refractivity contribution in [3.8, 4) is 0 Å². The predicted octanol–water partition coefficient (Wildman–Crippen LogP) is 1.33. The fourth-order valence-electron chi connectivity index (χ4n) is 2.56. The van der Waals surface area contributed by atoms with E-state index in [1.807, 2.05) is 0 Å². The van der Waals surface area contributed by atoms with Crippen molar-refractivity contribution in [3.63, 3.8) is 0 Å². The van der Waals surface area contributed by atoms with Crippen molar-refractivity contribution < 1.29 is 23.5 Å². The Hall–Kier alpha value is -1.82. The summed E-state index contributed by atoms with van der Waals surface area (Å²) in [6.45, 7) is 0.187. The summed E-state index contributed by atoms with van der Waals surface area (Å²) < 4.78 is 26.2. The Morgan fingerprint density at radius 2 is 1.58 bits per heavy atom. The van der Waals surface area contributed by atoms with Gasteiger partial charge in [0.25, 0.3) is 11.8 Å². The molecule has 1 fully saturated rings. The second-order valence-corrected chi connectivity index (χ2v) is 5.02. The van der Waals surface area contributed by atoms with E-state index in [1.165, 1.54) is 0 Å². The van der Waals surface area contributed by atoms with Crippen LogP contribution >= 0.6 is 0 Å². The van der Waals surface area contributed by atoms with E-state index in [2.05, 4.69) is 0 Å². The number of rotatable bonds is 2. The average molecular weight is 267 g/mol. The Labute approximate surface area is 107 Å². The molecule has 0 atom stereocenters. The minimum Gasteiger partial charge on any atom is -0.393 e. The van der Waals surface area contributed by atoms with Crippen LogP contribution in [0.25, 0.3) is 0 Å². The lowest BCUT2D eigenvalue weighted by Gasteiger charge is -2.33. The van der Waals surface area contributed by atoms with Crippen LogP contribution in [-0.4, -0.2) is 34.5 Å². The molecule has 1 heterocycles. The molecule has 1 N–H and O–H groups in total. The van der Waals surface area contributed by atoms with Crippen LogP contribution < -0.4 is 0 Å². The summed E-state index contributed by atoms with van der Waals surface area (Å²) in [5.74, 6) is -3.41. The minimum absolute atomic E-state index is 0.0620. The number of aliphatic hydroxyl groups is 1. The van der Waals surface area contributed by atoms with E-state index in [-0.39, 0.29) is 29.7 Å². The Morgan fingerprint density at radius 1 is 1.11 bits per heavy atom. The molecule has 6 heteroatoms. The predicted molar refractivity (Wildman–Crippen MR) is 60.5 cm³/mol. The van der Waals surface area contributed by atoms with Gasteiger partial charge in [0.2, 0.25) is 0 Å². The summed E-state index contributed by atoms with van der Waals surface area (Å²) in [4.78, 5) is 25.0. The molecular formula is C13H11F2NO3. The first-order chi connectivity index (χ1) is 8.97. The summed E-state index contributed by atoms with van der Waals surface area (Å²) in [7, 11) is 0. The number of carbonyl (C=O) groups excluding carboxylic acids is 2. The van der Waals surface area contributed by atoms with Gasteiger partial charge in [-0.15, -0.1) is 0 Å². The Bertz CT molecular complexity index is 540. The van der Waals surface area contributed by atoms with Crippen molar-refractivity contribution in [2.45, 2.75) is 18.9 Å². The largest absolute Gasteiger partial charge is 0.393 e. The number of imide groups is 1. The lowest BCUT2D eigenvalue weighted by atomic mass is 9.82. The molecular weight excluding hydrogens is 256 g/mol. The van der Waals surface area contributed by atoms with Gasteiger partial charge in [0.1, 0.15) is 0 Å². The van der Waals surface area contributed by atoms with E-state index < -0.39 is 23.4 Å². The third-order valence-electron chi connectivity index (χ3n) is 3.66. The van der Waals surface area contributed by atoms with Crippen LogP contribution in [0.15, 0.2) is 12.1 Å². The van der Waals surface area contributed by atoms with Gasteiger partial charge in [-0.2, -0.15) is 0 Å². The number of hydrogen-bond donors (Lipinski definition) is 1. The van der Waals surface area contributed by atoms with Crippen LogP contribution in [0.2, 0.25) is 0 Å². The summed E-state index contributed by atoms with van der Waals surface area (Å²) in [5.41, 5.74) is -0.187. The van der Waals surface area contributed by atoms with E-state index >= 15 is 0 Å². The number of nitrogens with zero attached hydrogens (tertiary/aromatic N) is 1. The number of benzene rings is 1. The summed E-state index contributed by atoms with van der Waals surface area (Å²) in [5, 5.41) is 9.18. The third-order valence-corrected chi connectivity index (χ3v) is 3.66. The monoisotopic (exact) mass is 267 g/mol. The molecule has 100 valence electrons. The highest BCUT2D eigenvalue weighted by Crippen LogP contribution is 2.32. The quantitative estimate of drug-likeness (QED) is 0.822. The zero-order valence-electron chi connectivity index (χ0n) is 9.90. The number of aliphatic hydroxyl groups excluding tert-OH is 1. The first-order valence-electron chi connectivity index (χ1n) is 6.00. The van der Waals surface area contributed by atoms with Crippen molar-refractivity contribution in [1.82, 2.24) is 4.90 Å². The second kappa shape index (κ2) is 4.09. The van der Waals surface area contributed by atoms with E-state index in [9.17, 15) is 23.5 Å². The van der Waals surface area contributed by atoms with Gasteiger partial charge < -0.3 is 5.11 Å². The van der Waals surface area contributed by atoms with E-state index in [1.54, 1.807) is 0 Å². The average Bonchev–Trinajstić information content (AvgIpc) is 2.54. The molecule has 19 heavy (non-hydrogen) atoms. The highest BCUT2D eigenvalue weighted by Gasteiger charge is 2.40. The number of fused-ring (bicyclic) bond motifs is 1. The third kappa shape index (κ3) is 1.83. The van der Waals surface area contributed by atoms with Crippen molar-refractivity contribution in [1.29, 1.82) is 0 Å². The summed E-state index contributed by atoms with van der Waals surface area (Å²) >= 11 is 0. The maximum absolute atomic E-state index is 13.1. The number of amides is 2. The van der Waals surface area contributed by atoms with E-state index in [0.717, 1.165) is 17.0 Å². The lowest BCUT2D eigenvalue weighted by molar-refractivity contribution is 0.0233. The molecule has 2 amide bonds. The van der Waals surface area contributed by atoms with Crippen LogP contribution in [0.1, 0.15) is 33.6 Å². The zero-order chi connectivity index (χ0) is 13.7. The minimum atomic E-state index is -1.14. The summed E-state index contributed by atoms with van der Waals surface area (Å²) in [6.07, 6.45) is 0.696. The maximum atomic E-state index is 13.1. The molecule has 1 aromatic carbocycles. The zero-order valence-corrected chi connectivity index (χ0v) is 9.90. The molecule has 2 aliphatic rings. The molecule has 1 aliphatic heterocycles. The number of hydrogen-bond acceptors (Lipinski definition) is 3.